The summed E-state index contributed by atoms with van der Waals surface area (Å²) in [6, 6.07) is 0.725. The SMILES string of the molecule is Cn1cnnc1S(=O)(=O)C1CC2CCC(C1)N2. The molecule has 0 aromatic carbocycles. The van der Waals surface area contributed by atoms with E-state index in [2.05, 4.69) is 15.5 Å². The third-order valence-electron chi connectivity index (χ3n) is 3.79. The number of hydrogen-bond acceptors (Lipinski definition) is 5. The zero-order valence-electron chi connectivity index (χ0n) is 9.70. The van der Waals surface area contributed by atoms with Crippen LogP contribution in [0, 0.1) is 0 Å². The monoisotopic (exact) mass is 256 g/mol. The summed E-state index contributed by atoms with van der Waals surface area (Å²) in [6.07, 6.45) is 5.02. The van der Waals surface area contributed by atoms with Gasteiger partial charge < -0.3 is 9.88 Å². The van der Waals surface area contributed by atoms with E-state index in [1.807, 2.05) is 0 Å². The smallest absolute Gasteiger partial charge is 0.249 e. The first-order chi connectivity index (χ1) is 8.07. The van der Waals surface area contributed by atoms with E-state index in [0.717, 1.165) is 12.8 Å². The Kier molecular flexibility index (Phi) is 2.48. The van der Waals surface area contributed by atoms with Gasteiger partial charge in [-0.15, -0.1) is 10.2 Å². The minimum absolute atomic E-state index is 0.101. The molecule has 2 bridgehead atoms. The van der Waals surface area contributed by atoms with Crippen molar-refractivity contribution in [2.75, 3.05) is 0 Å². The molecule has 94 valence electrons. The van der Waals surface area contributed by atoms with Crippen molar-refractivity contribution in [3.63, 3.8) is 0 Å². The van der Waals surface area contributed by atoms with Gasteiger partial charge in [0, 0.05) is 19.1 Å². The third kappa shape index (κ3) is 1.77. The number of nitrogens with one attached hydrogen (secondary N) is 1. The van der Waals surface area contributed by atoms with Crippen molar-refractivity contribution >= 4 is 9.84 Å². The van der Waals surface area contributed by atoms with Gasteiger partial charge in [0.25, 0.3) is 0 Å². The average molecular weight is 256 g/mol. The molecule has 0 spiro atoms. The molecule has 6 nitrogen and oxygen atoms in total. The van der Waals surface area contributed by atoms with Crippen LogP contribution in [0.3, 0.4) is 0 Å². The fraction of sp³-hybridized carbons (Fsp3) is 0.800. The van der Waals surface area contributed by atoms with Gasteiger partial charge in [0.2, 0.25) is 15.0 Å². The van der Waals surface area contributed by atoms with Crippen molar-refractivity contribution < 1.29 is 8.42 Å². The Bertz CT molecular complexity index is 512. The minimum Gasteiger partial charge on any atom is -0.311 e. The lowest BCUT2D eigenvalue weighted by atomic mass is 10.1. The Hall–Kier alpha value is -0.950. The number of aryl methyl sites for hydroxylation is 1. The van der Waals surface area contributed by atoms with Gasteiger partial charge in [-0.3, -0.25) is 0 Å². The van der Waals surface area contributed by atoms with Crippen molar-refractivity contribution in [1.82, 2.24) is 20.1 Å². The molecule has 2 saturated heterocycles. The van der Waals surface area contributed by atoms with E-state index in [0.29, 0.717) is 24.9 Å². The van der Waals surface area contributed by atoms with Crippen molar-refractivity contribution in [3.05, 3.63) is 6.33 Å². The largest absolute Gasteiger partial charge is 0.311 e. The van der Waals surface area contributed by atoms with Crippen LogP contribution in [-0.2, 0) is 16.9 Å². The Labute approximate surface area is 100 Å². The van der Waals surface area contributed by atoms with Crippen LogP contribution < -0.4 is 5.32 Å². The highest BCUT2D eigenvalue weighted by molar-refractivity contribution is 7.91. The zero-order chi connectivity index (χ0) is 12.0. The third-order valence-corrected chi connectivity index (χ3v) is 5.93. The van der Waals surface area contributed by atoms with Crippen LogP contribution in [0.15, 0.2) is 11.5 Å². The van der Waals surface area contributed by atoms with Crippen LogP contribution in [0.2, 0.25) is 0 Å². The molecule has 2 aliphatic heterocycles. The molecule has 0 amide bonds. The summed E-state index contributed by atoms with van der Waals surface area (Å²) >= 11 is 0. The predicted octanol–water partition coefficient (Wildman–Crippen LogP) is -0.128. The maximum Gasteiger partial charge on any atom is 0.249 e. The lowest BCUT2D eigenvalue weighted by Gasteiger charge is -2.28. The number of sulfone groups is 1. The van der Waals surface area contributed by atoms with Gasteiger partial charge in [0.05, 0.1) is 5.25 Å². The van der Waals surface area contributed by atoms with E-state index in [-0.39, 0.29) is 10.4 Å². The predicted molar refractivity (Wildman–Crippen MR) is 61.2 cm³/mol. The molecule has 17 heavy (non-hydrogen) atoms. The molecule has 0 aliphatic carbocycles. The maximum atomic E-state index is 12.4. The van der Waals surface area contributed by atoms with E-state index in [4.69, 9.17) is 0 Å². The zero-order valence-corrected chi connectivity index (χ0v) is 10.5. The molecule has 1 aromatic rings. The van der Waals surface area contributed by atoms with Crippen molar-refractivity contribution in [1.29, 1.82) is 0 Å². The molecule has 2 unspecified atom stereocenters. The van der Waals surface area contributed by atoms with Crippen LogP contribution in [0.5, 0.6) is 0 Å². The molecule has 0 radical (unpaired) electrons. The molecule has 0 saturated carbocycles. The molecule has 1 N–H and O–H groups in total. The average Bonchev–Trinajstić information content (AvgIpc) is 2.85. The number of hydrogen-bond donors (Lipinski definition) is 1. The molecule has 1 aromatic heterocycles. The van der Waals surface area contributed by atoms with E-state index < -0.39 is 9.84 Å². The topological polar surface area (TPSA) is 76.9 Å². The van der Waals surface area contributed by atoms with Crippen LogP contribution in [0.4, 0.5) is 0 Å². The summed E-state index contributed by atoms with van der Waals surface area (Å²) < 4.78 is 26.4. The normalized spacial score (nSPS) is 32.9. The van der Waals surface area contributed by atoms with E-state index in [1.54, 1.807) is 7.05 Å². The molecule has 7 heteroatoms. The number of nitrogens with zero attached hydrogens (tertiary/aromatic N) is 3. The highest BCUT2D eigenvalue weighted by Crippen LogP contribution is 2.32. The first kappa shape index (κ1) is 11.2. The standard InChI is InChI=1S/C10H16N4O2S/c1-14-6-11-13-10(14)17(15,16)9-4-7-2-3-8(5-9)12-7/h6-9,12H,2-5H2,1H3. The minimum atomic E-state index is -3.33. The van der Waals surface area contributed by atoms with Gasteiger partial charge in [0.15, 0.2) is 0 Å². The molecular formula is C10H16N4O2S. The van der Waals surface area contributed by atoms with Gasteiger partial charge in [0.1, 0.15) is 6.33 Å². The van der Waals surface area contributed by atoms with Crippen LogP contribution >= 0.6 is 0 Å². The summed E-state index contributed by atoms with van der Waals surface area (Å²) in [5, 5.41) is 10.6. The highest BCUT2D eigenvalue weighted by atomic mass is 32.2. The Morgan fingerprint density at radius 2 is 2.00 bits per heavy atom. The van der Waals surface area contributed by atoms with Crippen molar-refractivity contribution in [3.8, 4) is 0 Å². The highest BCUT2D eigenvalue weighted by Gasteiger charge is 2.41. The fourth-order valence-electron chi connectivity index (χ4n) is 2.94. The number of fused-ring (bicyclic) bond motifs is 2. The van der Waals surface area contributed by atoms with Crippen molar-refractivity contribution in [2.45, 2.75) is 48.2 Å². The van der Waals surface area contributed by atoms with Gasteiger partial charge in [-0.1, -0.05) is 0 Å². The van der Waals surface area contributed by atoms with Gasteiger partial charge >= 0.3 is 0 Å². The molecule has 3 heterocycles. The molecular weight excluding hydrogens is 240 g/mol. The molecule has 2 atom stereocenters. The quantitative estimate of drug-likeness (QED) is 0.797. The number of piperidine rings is 1. The summed E-state index contributed by atoms with van der Waals surface area (Å²) in [5.74, 6) is 0. The van der Waals surface area contributed by atoms with E-state index in [1.165, 1.54) is 10.9 Å². The first-order valence-corrected chi connectivity index (χ1v) is 7.46. The molecule has 2 fully saturated rings. The fourth-order valence-corrected chi connectivity index (χ4v) is 4.82. The molecule has 3 rings (SSSR count). The summed E-state index contributed by atoms with van der Waals surface area (Å²) in [4.78, 5) is 0. The second kappa shape index (κ2) is 3.78. The molecule has 2 aliphatic rings. The second-order valence-corrected chi connectivity index (χ2v) is 7.12. The van der Waals surface area contributed by atoms with E-state index in [9.17, 15) is 8.42 Å². The summed E-state index contributed by atoms with van der Waals surface area (Å²) in [5.41, 5.74) is 0. The van der Waals surface area contributed by atoms with E-state index >= 15 is 0 Å². The lowest BCUT2D eigenvalue weighted by molar-refractivity contribution is 0.399. The van der Waals surface area contributed by atoms with Gasteiger partial charge in [-0.05, 0) is 25.7 Å². The van der Waals surface area contributed by atoms with Gasteiger partial charge in [-0.25, -0.2) is 8.42 Å². The number of aromatic nitrogens is 3. The Balaban J connectivity index is 1.91. The van der Waals surface area contributed by atoms with Crippen LogP contribution in [-0.4, -0.2) is 40.5 Å². The van der Waals surface area contributed by atoms with Gasteiger partial charge in [-0.2, -0.15) is 0 Å². The van der Waals surface area contributed by atoms with Crippen LogP contribution in [0.25, 0.3) is 0 Å². The first-order valence-electron chi connectivity index (χ1n) is 5.91. The lowest BCUT2D eigenvalue weighted by Crippen LogP contribution is -2.43. The summed E-state index contributed by atoms with van der Waals surface area (Å²) in [6.45, 7) is 0. The summed E-state index contributed by atoms with van der Waals surface area (Å²) in [7, 11) is -1.66. The Morgan fingerprint density at radius 3 is 2.53 bits per heavy atom. The van der Waals surface area contributed by atoms with Crippen molar-refractivity contribution in [2.24, 2.45) is 7.05 Å². The maximum absolute atomic E-state index is 12.4. The second-order valence-electron chi connectivity index (χ2n) is 5.00. The van der Waals surface area contributed by atoms with Crippen LogP contribution in [0.1, 0.15) is 25.7 Å². The number of rotatable bonds is 2. The Morgan fingerprint density at radius 1 is 1.35 bits per heavy atom.